The van der Waals surface area contributed by atoms with Crippen LogP contribution in [-0.4, -0.2) is 48.2 Å². The van der Waals surface area contributed by atoms with Gasteiger partial charge < -0.3 is 9.80 Å². The van der Waals surface area contributed by atoms with Crippen molar-refractivity contribution in [3.63, 3.8) is 0 Å². The van der Waals surface area contributed by atoms with E-state index in [1.54, 1.807) is 24.4 Å². The van der Waals surface area contributed by atoms with Crippen molar-refractivity contribution >= 4 is 29.2 Å². The molecule has 3 heterocycles. The highest BCUT2D eigenvalue weighted by Crippen LogP contribution is 2.37. The van der Waals surface area contributed by atoms with Gasteiger partial charge >= 0.3 is 0 Å². The van der Waals surface area contributed by atoms with Crippen molar-refractivity contribution < 1.29 is 9.72 Å². The number of hydrogen-bond acceptors (Lipinski definition) is 7. The van der Waals surface area contributed by atoms with Crippen LogP contribution in [0.2, 0.25) is 0 Å². The van der Waals surface area contributed by atoms with E-state index in [1.807, 2.05) is 6.07 Å². The number of pyridine rings is 1. The Labute approximate surface area is 187 Å². The fraction of sp³-hybridized carbons (Fsp3) is 0.435. The van der Waals surface area contributed by atoms with Gasteiger partial charge in [-0.15, -0.1) is 0 Å². The Hall–Kier alpha value is -3.49. The minimum Gasteiger partial charge on any atom is -0.371 e. The third kappa shape index (κ3) is 5.04. The molecular formula is C23H28N6O3. The van der Waals surface area contributed by atoms with E-state index in [1.165, 1.54) is 18.8 Å². The molecule has 0 aliphatic carbocycles. The lowest BCUT2D eigenvalue weighted by molar-refractivity contribution is -0.384. The smallest absolute Gasteiger partial charge is 0.293 e. The van der Waals surface area contributed by atoms with Crippen molar-refractivity contribution in [2.24, 2.45) is 5.10 Å². The minimum atomic E-state index is -0.381. The number of aromatic nitrogens is 1. The van der Waals surface area contributed by atoms with Gasteiger partial charge in [-0.2, -0.15) is 5.10 Å². The maximum atomic E-state index is 12.3. The van der Waals surface area contributed by atoms with Gasteiger partial charge in [-0.05, 0) is 56.7 Å². The second kappa shape index (κ2) is 10.2. The summed E-state index contributed by atoms with van der Waals surface area (Å²) in [7, 11) is 0. The molecule has 0 spiro atoms. The molecule has 1 N–H and O–H groups in total. The summed E-state index contributed by atoms with van der Waals surface area (Å²) in [6.07, 6.45) is 11.2. The topological polar surface area (TPSA) is 104 Å². The van der Waals surface area contributed by atoms with Gasteiger partial charge in [-0.1, -0.05) is 0 Å². The molecule has 9 nitrogen and oxygen atoms in total. The quantitative estimate of drug-likeness (QED) is 0.420. The number of carbonyl (C=O) groups excluding carboxylic acids is 1. The summed E-state index contributed by atoms with van der Waals surface area (Å²) in [5.41, 5.74) is 5.20. The first-order chi connectivity index (χ1) is 15.6. The zero-order valence-corrected chi connectivity index (χ0v) is 18.1. The van der Waals surface area contributed by atoms with Crippen LogP contribution in [0.3, 0.4) is 0 Å². The maximum Gasteiger partial charge on any atom is 0.293 e. The number of amides is 1. The number of nitrogens with zero attached hydrogens (tertiary/aromatic N) is 5. The van der Waals surface area contributed by atoms with Crippen LogP contribution in [0.5, 0.6) is 0 Å². The Morgan fingerprint density at radius 2 is 1.69 bits per heavy atom. The molecule has 0 atom stereocenters. The molecule has 2 aliphatic rings. The number of piperidine rings is 2. The molecule has 1 amide bonds. The standard InChI is InChI=1S/C23H28N6O3/c30-23(18-8-7-9-24-16-18)26-25-17-19-14-22(29(31)32)21(28-12-5-2-6-13-28)15-20(19)27-10-3-1-4-11-27/h7-9,14-17H,1-6,10-13H2,(H,26,30)/b25-17+. The van der Waals surface area contributed by atoms with Gasteiger partial charge in [0, 0.05) is 55.9 Å². The highest BCUT2D eigenvalue weighted by molar-refractivity contribution is 5.96. The fourth-order valence-corrected chi connectivity index (χ4v) is 4.35. The molecule has 1 aromatic heterocycles. The Balaban J connectivity index is 1.66. The van der Waals surface area contributed by atoms with Crippen LogP contribution < -0.4 is 15.2 Å². The molecule has 2 saturated heterocycles. The van der Waals surface area contributed by atoms with Crippen LogP contribution in [-0.2, 0) is 0 Å². The third-order valence-electron chi connectivity index (χ3n) is 6.01. The summed E-state index contributed by atoms with van der Waals surface area (Å²) in [6.45, 7) is 3.46. The molecule has 32 heavy (non-hydrogen) atoms. The van der Waals surface area contributed by atoms with Crippen LogP contribution in [0, 0.1) is 10.1 Å². The number of hydrazone groups is 1. The van der Waals surface area contributed by atoms with Crippen LogP contribution in [0.25, 0.3) is 0 Å². The lowest BCUT2D eigenvalue weighted by Gasteiger charge is -2.33. The molecule has 168 valence electrons. The van der Waals surface area contributed by atoms with Crippen LogP contribution in [0.1, 0.15) is 54.4 Å². The second-order valence-electron chi connectivity index (χ2n) is 8.19. The highest BCUT2D eigenvalue weighted by atomic mass is 16.6. The largest absolute Gasteiger partial charge is 0.371 e. The van der Waals surface area contributed by atoms with Gasteiger partial charge in [-0.3, -0.25) is 19.9 Å². The summed E-state index contributed by atoms with van der Waals surface area (Å²) in [6, 6.07) is 6.86. The van der Waals surface area contributed by atoms with E-state index in [0.717, 1.165) is 64.0 Å². The minimum absolute atomic E-state index is 0.0766. The van der Waals surface area contributed by atoms with Crippen LogP contribution in [0.4, 0.5) is 17.1 Å². The number of nitro benzene ring substituents is 1. The van der Waals surface area contributed by atoms with E-state index in [2.05, 4.69) is 25.3 Å². The predicted molar refractivity (Wildman–Crippen MR) is 125 cm³/mol. The molecular weight excluding hydrogens is 408 g/mol. The molecule has 1 aromatic carbocycles. The second-order valence-corrected chi connectivity index (χ2v) is 8.19. The van der Waals surface area contributed by atoms with Gasteiger partial charge in [0.15, 0.2) is 0 Å². The maximum absolute atomic E-state index is 12.3. The van der Waals surface area contributed by atoms with E-state index in [0.29, 0.717) is 16.8 Å². The third-order valence-corrected chi connectivity index (χ3v) is 6.01. The van der Waals surface area contributed by atoms with E-state index >= 15 is 0 Å². The zero-order valence-electron chi connectivity index (χ0n) is 18.1. The average molecular weight is 437 g/mol. The van der Waals surface area contributed by atoms with Gasteiger partial charge in [0.2, 0.25) is 0 Å². The van der Waals surface area contributed by atoms with Crippen molar-refractivity contribution in [2.45, 2.75) is 38.5 Å². The Kier molecular flexibility index (Phi) is 6.94. The molecule has 9 heteroatoms. The van der Waals surface area contributed by atoms with Gasteiger partial charge in [0.05, 0.1) is 16.7 Å². The molecule has 0 saturated carbocycles. The fourth-order valence-electron chi connectivity index (χ4n) is 4.35. The van der Waals surface area contributed by atoms with E-state index < -0.39 is 0 Å². The summed E-state index contributed by atoms with van der Waals surface area (Å²) >= 11 is 0. The summed E-state index contributed by atoms with van der Waals surface area (Å²) < 4.78 is 0. The lowest BCUT2D eigenvalue weighted by atomic mass is 10.0. The van der Waals surface area contributed by atoms with Gasteiger partial charge in [0.1, 0.15) is 5.69 Å². The van der Waals surface area contributed by atoms with Crippen molar-refractivity contribution in [1.82, 2.24) is 10.4 Å². The van der Waals surface area contributed by atoms with Gasteiger partial charge in [0.25, 0.3) is 11.6 Å². The van der Waals surface area contributed by atoms with Crippen molar-refractivity contribution in [3.8, 4) is 0 Å². The number of hydrogen-bond donors (Lipinski definition) is 1. The predicted octanol–water partition coefficient (Wildman–Crippen LogP) is 3.73. The first-order valence-corrected chi connectivity index (χ1v) is 11.2. The van der Waals surface area contributed by atoms with E-state index in [4.69, 9.17) is 0 Å². The Bertz CT molecular complexity index is 983. The van der Waals surface area contributed by atoms with Crippen LogP contribution in [0.15, 0.2) is 41.8 Å². The normalized spacial score (nSPS) is 16.9. The first-order valence-electron chi connectivity index (χ1n) is 11.2. The molecule has 2 aromatic rings. The molecule has 0 bridgehead atoms. The number of carbonyl (C=O) groups is 1. The molecule has 2 aliphatic heterocycles. The average Bonchev–Trinajstić information content (AvgIpc) is 2.85. The van der Waals surface area contributed by atoms with Crippen LogP contribution >= 0.6 is 0 Å². The zero-order chi connectivity index (χ0) is 22.3. The molecule has 2 fully saturated rings. The number of nitro groups is 1. The number of anilines is 2. The molecule has 4 rings (SSSR count). The van der Waals surface area contributed by atoms with Crippen molar-refractivity contribution in [1.29, 1.82) is 0 Å². The summed E-state index contributed by atoms with van der Waals surface area (Å²) in [4.78, 5) is 32.2. The molecule has 0 unspecified atom stereocenters. The van der Waals surface area contributed by atoms with E-state index in [9.17, 15) is 14.9 Å². The highest BCUT2D eigenvalue weighted by Gasteiger charge is 2.26. The summed E-state index contributed by atoms with van der Waals surface area (Å²) in [5.74, 6) is -0.381. The SMILES string of the molecule is O=C(N/N=C/c1cc([N+](=O)[O-])c(N2CCCCC2)cc1N1CCCCC1)c1cccnc1. The lowest BCUT2D eigenvalue weighted by Crippen LogP contribution is -2.32. The van der Waals surface area contributed by atoms with E-state index in [-0.39, 0.29) is 16.5 Å². The van der Waals surface area contributed by atoms with Gasteiger partial charge in [-0.25, -0.2) is 5.43 Å². The number of nitrogens with one attached hydrogen (secondary N) is 1. The Morgan fingerprint density at radius 3 is 2.28 bits per heavy atom. The number of benzene rings is 1. The molecule has 0 radical (unpaired) electrons. The van der Waals surface area contributed by atoms with Crippen molar-refractivity contribution in [2.75, 3.05) is 36.0 Å². The van der Waals surface area contributed by atoms with Crippen molar-refractivity contribution in [3.05, 3.63) is 57.9 Å². The summed E-state index contributed by atoms with van der Waals surface area (Å²) in [5, 5.41) is 16.0. The monoisotopic (exact) mass is 436 g/mol. The first kappa shape index (κ1) is 21.7. The Morgan fingerprint density at radius 1 is 1.03 bits per heavy atom. The number of rotatable bonds is 6.